The van der Waals surface area contributed by atoms with Crippen molar-refractivity contribution in [1.82, 2.24) is 0 Å². The molecule has 272 valence electrons. The Morgan fingerprint density at radius 2 is 1.00 bits per heavy atom. The maximum Gasteiger partial charge on any atom is 0.305 e. The molecule has 0 radical (unpaired) electrons. The van der Waals surface area contributed by atoms with E-state index in [4.69, 9.17) is 28.4 Å². The zero-order chi connectivity index (χ0) is 35.3. The number of benzene rings is 3. The predicted molar refractivity (Wildman–Crippen MR) is 197 cm³/mol. The number of hydrogen-bond acceptors (Lipinski definition) is 8. The second-order valence-electron chi connectivity index (χ2n) is 12.8. The Bertz CT molecular complexity index is 1400. The SMILES string of the molecule is CCCCCCCOCC(COc1c2ccccc2c(OCC(COCCCCCCC)OC(=O)CC)c2cc(C)ccc12)OC(=O)CC. The smallest absolute Gasteiger partial charge is 0.305 e. The third kappa shape index (κ3) is 13.8. The van der Waals surface area contributed by atoms with Crippen LogP contribution in [0.2, 0.25) is 0 Å². The summed E-state index contributed by atoms with van der Waals surface area (Å²) in [5.41, 5.74) is 1.07. The van der Waals surface area contributed by atoms with Crippen LogP contribution >= 0.6 is 0 Å². The molecule has 8 heteroatoms. The van der Waals surface area contributed by atoms with Crippen molar-refractivity contribution in [1.29, 1.82) is 0 Å². The van der Waals surface area contributed by atoms with Crippen LogP contribution in [0.3, 0.4) is 0 Å². The average Bonchev–Trinajstić information content (AvgIpc) is 3.11. The van der Waals surface area contributed by atoms with Gasteiger partial charge in [0.1, 0.15) is 24.7 Å². The lowest BCUT2D eigenvalue weighted by Gasteiger charge is -2.23. The van der Waals surface area contributed by atoms with Crippen molar-refractivity contribution < 1.29 is 38.0 Å². The van der Waals surface area contributed by atoms with E-state index in [2.05, 4.69) is 19.9 Å². The largest absolute Gasteiger partial charge is 0.488 e. The molecule has 0 aliphatic heterocycles. The van der Waals surface area contributed by atoms with E-state index in [9.17, 15) is 9.59 Å². The number of carbonyl (C=O) groups excluding carboxylic acids is 2. The van der Waals surface area contributed by atoms with Crippen molar-refractivity contribution in [3.8, 4) is 11.5 Å². The summed E-state index contributed by atoms with van der Waals surface area (Å²) in [5.74, 6) is 0.816. The molecule has 0 saturated carbocycles. The van der Waals surface area contributed by atoms with Gasteiger partial charge < -0.3 is 28.4 Å². The fourth-order valence-electron chi connectivity index (χ4n) is 5.69. The predicted octanol–water partition coefficient (Wildman–Crippen LogP) is 9.68. The summed E-state index contributed by atoms with van der Waals surface area (Å²) in [4.78, 5) is 24.6. The molecular formula is C41H60O8. The average molecular weight is 681 g/mol. The molecule has 0 N–H and O–H groups in total. The van der Waals surface area contributed by atoms with Crippen LogP contribution < -0.4 is 9.47 Å². The Morgan fingerprint density at radius 1 is 0.551 bits per heavy atom. The van der Waals surface area contributed by atoms with Gasteiger partial charge in [-0.25, -0.2) is 0 Å². The fraction of sp³-hybridized carbons (Fsp3) is 0.610. The minimum atomic E-state index is -0.543. The first kappa shape index (κ1) is 40.1. The van der Waals surface area contributed by atoms with E-state index in [1.54, 1.807) is 13.8 Å². The van der Waals surface area contributed by atoms with Crippen molar-refractivity contribution >= 4 is 33.5 Å². The van der Waals surface area contributed by atoms with Gasteiger partial charge in [-0.1, -0.05) is 121 Å². The summed E-state index contributed by atoms with van der Waals surface area (Å²) in [5, 5.41) is 3.51. The first-order valence-electron chi connectivity index (χ1n) is 18.7. The van der Waals surface area contributed by atoms with Gasteiger partial charge in [-0.05, 0) is 25.8 Å². The summed E-state index contributed by atoms with van der Waals surface area (Å²) in [7, 11) is 0. The molecule has 0 spiro atoms. The van der Waals surface area contributed by atoms with Crippen LogP contribution in [0.4, 0.5) is 0 Å². The lowest BCUT2D eigenvalue weighted by atomic mass is 9.99. The van der Waals surface area contributed by atoms with Crippen molar-refractivity contribution in [3.63, 3.8) is 0 Å². The molecule has 0 bridgehead atoms. The van der Waals surface area contributed by atoms with Gasteiger partial charge in [-0.3, -0.25) is 9.59 Å². The highest BCUT2D eigenvalue weighted by Gasteiger charge is 2.22. The van der Waals surface area contributed by atoms with E-state index >= 15 is 0 Å². The Balaban J connectivity index is 1.82. The number of aryl methyl sites for hydroxylation is 1. The van der Waals surface area contributed by atoms with Gasteiger partial charge in [0.15, 0.2) is 12.2 Å². The van der Waals surface area contributed by atoms with Gasteiger partial charge in [-0.15, -0.1) is 0 Å². The number of hydrogen-bond donors (Lipinski definition) is 0. The van der Waals surface area contributed by atoms with Gasteiger partial charge in [0, 0.05) is 47.6 Å². The van der Waals surface area contributed by atoms with Crippen molar-refractivity contribution in [2.75, 3.05) is 39.6 Å². The molecule has 49 heavy (non-hydrogen) atoms. The third-order valence-electron chi connectivity index (χ3n) is 8.47. The van der Waals surface area contributed by atoms with E-state index in [1.807, 2.05) is 43.3 Å². The first-order valence-corrected chi connectivity index (χ1v) is 18.7. The normalized spacial score (nSPS) is 12.6. The van der Waals surface area contributed by atoms with E-state index in [1.165, 1.54) is 38.5 Å². The number of ether oxygens (including phenoxy) is 6. The summed E-state index contributed by atoms with van der Waals surface area (Å²) in [6.07, 6.45) is 11.0. The topological polar surface area (TPSA) is 89.5 Å². The molecule has 3 aromatic rings. The Kier molecular flexibility index (Phi) is 18.9. The van der Waals surface area contributed by atoms with Gasteiger partial charge >= 0.3 is 11.9 Å². The van der Waals surface area contributed by atoms with E-state index in [0.717, 1.165) is 52.8 Å². The standard InChI is InChI=1S/C41H60O8/c1-6-10-12-14-18-24-44-27-32(48-38(42)8-3)29-46-40-34-20-16-17-21-35(34)41(37-26-31(5)22-23-36(37)40)47-30-33(49-39(43)9-4)28-45-25-19-15-13-11-7-2/h16-17,20-23,26,32-33H,6-15,18-19,24-25,27-30H2,1-5H3. The second-order valence-corrected chi connectivity index (χ2v) is 12.8. The van der Waals surface area contributed by atoms with E-state index in [-0.39, 0.29) is 51.2 Å². The van der Waals surface area contributed by atoms with Crippen molar-refractivity contribution in [2.24, 2.45) is 0 Å². The minimum Gasteiger partial charge on any atom is -0.488 e. The highest BCUT2D eigenvalue weighted by atomic mass is 16.6. The van der Waals surface area contributed by atoms with E-state index < -0.39 is 12.2 Å². The monoisotopic (exact) mass is 680 g/mol. The number of unbranched alkanes of at least 4 members (excludes halogenated alkanes) is 8. The number of carbonyl (C=O) groups is 2. The molecule has 2 atom stereocenters. The second kappa shape index (κ2) is 23.1. The zero-order valence-corrected chi connectivity index (χ0v) is 30.7. The van der Waals surface area contributed by atoms with Crippen LogP contribution in [0.25, 0.3) is 21.5 Å². The molecule has 0 fully saturated rings. The first-order chi connectivity index (χ1) is 23.9. The molecule has 0 aliphatic carbocycles. The molecule has 0 saturated heterocycles. The molecule has 2 unspecified atom stereocenters. The maximum atomic E-state index is 12.3. The molecule has 0 aromatic heterocycles. The summed E-state index contributed by atoms with van der Waals surface area (Å²) < 4.78 is 36.5. The van der Waals surface area contributed by atoms with Crippen LogP contribution in [0, 0.1) is 6.92 Å². The lowest BCUT2D eigenvalue weighted by Crippen LogP contribution is -2.30. The number of fused-ring (bicyclic) bond motifs is 2. The highest BCUT2D eigenvalue weighted by molar-refractivity contribution is 6.11. The van der Waals surface area contributed by atoms with Gasteiger partial charge in [0.2, 0.25) is 0 Å². The zero-order valence-electron chi connectivity index (χ0n) is 30.7. The molecule has 8 nitrogen and oxygen atoms in total. The van der Waals surface area contributed by atoms with E-state index in [0.29, 0.717) is 24.7 Å². The molecule has 3 rings (SSSR count). The molecule has 3 aromatic carbocycles. The summed E-state index contributed by atoms with van der Waals surface area (Å²) in [6.45, 7) is 12.1. The quantitative estimate of drug-likeness (QED) is 0.0470. The molecule has 0 aliphatic rings. The van der Waals surface area contributed by atoms with Gasteiger partial charge in [0.05, 0.1) is 13.2 Å². The van der Waals surface area contributed by atoms with Gasteiger partial charge in [0.25, 0.3) is 0 Å². The molecular weight excluding hydrogens is 620 g/mol. The minimum absolute atomic E-state index is 0.152. The molecule has 0 amide bonds. The van der Waals surface area contributed by atoms with Gasteiger partial charge in [-0.2, -0.15) is 0 Å². The molecule has 0 heterocycles. The Hall–Kier alpha value is -3.36. The Labute approximate surface area is 294 Å². The van der Waals surface area contributed by atoms with Crippen LogP contribution in [-0.2, 0) is 28.5 Å². The van der Waals surface area contributed by atoms with Crippen LogP contribution in [0.5, 0.6) is 11.5 Å². The fourth-order valence-corrected chi connectivity index (χ4v) is 5.69. The number of esters is 2. The van der Waals surface area contributed by atoms with Crippen LogP contribution in [0.1, 0.15) is 110 Å². The van der Waals surface area contributed by atoms with Crippen molar-refractivity contribution in [3.05, 3.63) is 48.0 Å². The van der Waals surface area contributed by atoms with Crippen LogP contribution in [-0.4, -0.2) is 63.8 Å². The Morgan fingerprint density at radius 3 is 1.47 bits per heavy atom. The van der Waals surface area contributed by atoms with Crippen molar-refractivity contribution in [2.45, 2.75) is 124 Å². The summed E-state index contributed by atoms with van der Waals surface area (Å²) >= 11 is 0. The van der Waals surface area contributed by atoms with Crippen LogP contribution in [0.15, 0.2) is 42.5 Å². The third-order valence-corrected chi connectivity index (χ3v) is 8.47. The summed E-state index contributed by atoms with van der Waals surface area (Å²) in [6, 6.07) is 14.1. The highest BCUT2D eigenvalue weighted by Crippen LogP contribution is 2.43. The maximum absolute atomic E-state index is 12.3. The number of rotatable bonds is 26. The lowest BCUT2D eigenvalue weighted by molar-refractivity contribution is -0.154.